The maximum atomic E-state index is 13.6. The zero-order valence-electron chi connectivity index (χ0n) is 16.2. The molecule has 6 nitrogen and oxygen atoms in total. The largest absolute Gasteiger partial charge is 0.467 e. The second-order valence-electron chi connectivity index (χ2n) is 6.54. The second kappa shape index (κ2) is 8.96. The first-order valence-electron chi connectivity index (χ1n) is 9.24. The van der Waals surface area contributed by atoms with E-state index < -0.39 is 0 Å². The van der Waals surface area contributed by atoms with Gasteiger partial charge < -0.3 is 9.32 Å². The van der Waals surface area contributed by atoms with Crippen molar-refractivity contribution in [1.82, 2.24) is 19.4 Å². The third-order valence-electron chi connectivity index (χ3n) is 4.53. The van der Waals surface area contributed by atoms with Crippen LogP contribution in [0.15, 0.2) is 83.0 Å². The average Bonchev–Trinajstić information content (AvgIpc) is 3.44. The Morgan fingerprint density at radius 2 is 1.97 bits per heavy atom. The van der Waals surface area contributed by atoms with E-state index >= 15 is 0 Å². The van der Waals surface area contributed by atoms with Gasteiger partial charge in [-0.1, -0.05) is 17.8 Å². The van der Waals surface area contributed by atoms with E-state index in [-0.39, 0.29) is 11.7 Å². The first-order valence-corrected chi connectivity index (χ1v) is 10.5. The number of furan rings is 1. The molecule has 0 radical (unpaired) electrons. The zero-order chi connectivity index (χ0) is 20.9. The van der Waals surface area contributed by atoms with Crippen LogP contribution in [0.25, 0.3) is 5.69 Å². The molecule has 152 valence electrons. The number of hydrogen-bond acceptors (Lipinski definition) is 5. The molecule has 0 saturated carbocycles. The summed E-state index contributed by atoms with van der Waals surface area (Å²) in [5, 5.41) is 0.643. The van der Waals surface area contributed by atoms with Gasteiger partial charge in [-0.2, -0.15) is 0 Å². The highest BCUT2D eigenvalue weighted by molar-refractivity contribution is 7.98. The minimum Gasteiger partial charge on any atom is -0.467 e. The summed E-state index contributed by atoms with van der Waals surface area (Å²) in [6.45, 7) is 0.653. The number of carbonyl (C=O) groups is 1. The molecule has 0 aliphatic carbocycles. The van der Waals surface area contributed by atoms with E-state index in [2.05, 4.69) is 9.97 Å². The Kier molecular flexibility index (Phi) is 5.94. The Balaban J connectivity index is 1.72. The molecular weight excluding hydrogens is 403 g/mol. The van der Waals surface area contributed by atoms with Crippen LogP contribution in [0.1, 0.15) is 21.8 Å². The fraction of sp³-hybridized carbons (Fsp3) is 0.136. The first kappa shape index (κ1) is 19.9. The van der Waals surface area contributed by atoms with Crippen molar-refractivity contribution in [2.24, 2.45) is 0 Å². The van der Waals surface area contributed by atoms with Gasteiger partial charge in [-0.25, -0.2) is 9.37 Å². The smallest absolute Gasteiger partial charge is 0.273 e. The number of amides is 1. The number of pyridine rings is 1. The van der Waals surface area contributed by atoms with Gasteiger partial charge in [0.25, 0.3) is 5.91 Å². The quantitative estimate of drug-likeness (QED) is 0.409. The summed E-state index contributed by atoms with van der Waals surface area (Å²) in [5.41, 5.74) is 1.96. The van der Waals surface area contributed by atoms with Gasteiger partial charge >= 0.3 is 0 Å². The van der Waals surface area contributed by atoms with Gasteiger partial charge in [-0.3, -0.25) is 14.3 Å². The van der Waals surface area contributed by atoms with E-state index in [4.69, 9.17) is 4.42 Å². The highest BCUT2D eigenvalue weighted by atomic mass is 32.2. The fourth-order valence-electron chi connectivity index (χ4n) is 3.13. The number of hydrogen-bond donors (Lipinski definition) is 0. The normalized spacial score (nSPS) is 10.9. The summed E-state index contributed by atoms with van der Waals surface area (Å²) in [6, 6.07) is 13.4. The molecule has 0 atom stereocenters. The standard InChI is InChI=1S/C22H19FN4O2S/c1-30-22-25-13-20(27(22)18-8-6-17(23)7-9-18)21(28)26(15-19-5-3-11-29-19)14-16-4-2-10-24-12-16/h2-13H,14-15H2,1H3. The molecule has 8 heteroatoms. The molecule has 0 spiro atoms. The molecule has 0 aliphatic heterocycles. The number of thioether (sulfide) groups is 1. The number of aromatic nitrogens is 3. The number of halogens is 1. The number of rotatable bonds is 7. The van der Waals surface area contributed by atoms with Crippen LogP contribution in [0.3, 0.4) is 0 Å². The SMILES string of the molecule is CSc1ncc(C(=O)N(Cc2cccnc2)Cc2ccco2)n1-c1ccc(F)cc1. The maximum Gasteiger partial charge on any atom is 0.273 e. The van der Waals surface area contributed by atoms with Crippen LogP contribution >= 0.6 is 11.8 Å². The van der Waals surface area contributed by atoms with E-state index in [1.165, 1.54) is 23.9 Å². The molecule has 0 bridgehead atoms. The lowest BCUT2D eigenvalue weighted by Gasteiger charge is -2.22. The van der Waals surface area contributed by atoms with E-state index in [1.54, 1.807) is 52.5 Å². The highest BCUT2D eigenvalue weighted by Crippen LogP contribution is 2.24. The summed E-state index contributed by atoms with van der Waals surface area (Å²) in [4.78, 5) is 23.8. The Labute approximate surface area is 177 Å². The molecule has 1 amide bonds. The molecule has 0 unspecified atom stereocenters. The lowest BCUT2D eigenvalue weighted by atomic mass is 10.2. The minimum absolute atomic E-state index is 0.215. The van der Waals surface area contributed by atoms with E-state index in [0.717, 1.165) is 5.56 Å². The van der Waals surface area contributed by atoms with E-state index in [0.29, 0.717) is 35.4 Å². The van der Waals surface area contributed by atoms with Crippen LogP contribution < -0.4 is 0 Å². The van der Waals surface area contributed by atoms with Gasteiger partial charge in [0.1, 0.15) is 17.3 Å². The Hall–Kier alpha value is -3.39. The van der Waals surface area contributed by atoms with Crippen LogP contribution in [0.4, 0.5) is 4.39 Å². The average molecular weight is 422 g/mol. The van der Waals surface area contributed by atoms with Crippen molar-refractivity contribution in [3.05, 3.63) is 96.2 Å². The van der Waals surface area contributed by atoms with Gasteiger partial charge in [-0.15, -0.1) is 0 Å². The first-order chi connectivity index (χ1) is 14.7. The van der Waals surface area contributed by atoms with Crippen LogP contribution in [0.5, 0.6) is 0 Å². The van der Waals surface area contributed by atoms with Crippen LogP contribution in [0, 0.1) is 5.82 Å². The van der Waals surface area contributed by atoms with Gasteiger partial charge in [-0.05, 0) is 54.3 Å². The molecule has 3 aromatic heterocycles. The van der Waals surface area contributed by atoms with Crippen molar-refractivity contribution in [2.75, 3.05) is 6.26 Å². The van der Waals surface area contributed by atoms with E-state index in [9.17, 15) is 9.18 Å². The van der Waals surface area contributed by atoms with Crippen molar-refractivity contribution in [1.29, 1.82) is 0 Å². The summed E-state index contributed by atoms with van der Waals surface area (Å²) >= 11 is 1.41. The molecule has 3 heterocycles. The van der Waals surface area contributed by atoms with E-state index in [1.807, 2.05) is 24.5 Å². The Morgan fingerprint density at radius 1 is 1.13 bits per heavy atom. The molecule has 4 aromatic rings. The lowest BCUT2D eigenvalue weighted by Crippen LogP contribution is -2.31. The fourth-order valence-corrected chi connectivity index (χ4v) is 3.68. The van der Waals surface area contributed by atoms with Crippen molar-refractivity contribution in [3.8, 4) is 5.69 Å². The zero-order valence-corrected chi connectivity index (χ0v) is 17.1. The molecule has 0 N–H and O–H groups in total. The monoisotopic (exact) mass is 422 g/mol. The molecule has 0 aliphatic rings. The number of nitrogens with zero attached hydrogens (tertiary/aromatic N) is 4. The molecular formula is C22H19FN4O2S. The number of benzene rings is 1. The maximum absolute atomic E-state index is 13.6. The molecule has 0 saturated heterocycles. The highest BCUT2D eigenvalue weighted by Gasteiger charge is 2.24. The van der Waals surface area contributed by atoms with Crippen LogP contribution in [-0.2, 0) is 13.1 Å². The van der Waals surface area contributed by atoms with Gasteiger partial charge in [0.2, 0.25) is 0 Å². The predicted molar refractivity (Wildman–Crippen MR) is 112 cm³/mol. The van der Waals surface area contributed by atoms with Crippen molar-refractivity contribution < 1.29 is 13.6 Å². The molecule has 30 heavy (non-hydrogen) atoms. The van der Waals surface area contributed by atoms with Crippen molar-refractivity contribution >= 4 is 17.7 Å². The minimum atomic E-state index is -0.339. The summed E-state index contributed by atoms with van der Waals surface area (Å²) < 4.78 is 20.6. The Morgan fingerprint density at radius 3 is 2.63 bits per heavy atom. The van der Waals surface area contributed by atoms with Crippen molar-refractivity contribution in [3.63, 3.8) is 0 Å². The third kappa shape index (κ3) is 4.28. The molecule has 1 aromatic carbocycles. The topological polar surface area (TPSA) is 64.2 Å². The second-order valence-corrected chi connectivity index (χ2v) is 7.32. The number of carbonyl (C=O) groups excluding carboxylic acids is 1. The molecule has 4 rings (SSSR count). The van der Waals surface area contributed by atoms with Crippen LogP contribution in [-0.4, -0.2) is 31.6 Å². The lowest BCUT2D eigenvalue weighted by molar-refractivity contribution is 0.0708. The third-order valence-corrected chi connectivity index (χ3v) is 5.18. The van der Waals surface area contributed by atoms with Gasteiger partial charge in [0.05, 0.1) is 19.0 Å². The summed E-state index contributed by atoms with van der Waals surface area (Å²) in [7, 11) is 0. The predicted octanol–water partition coefficient (Wildman–Crippen LogP) is 4.56. The Bertz CT molecular complexity index is 1110. The molecule has 0 fully saturated rings. The van der Waals surface area contributed by atoms with Gasteiger partial charge in [0.15, 0.2) is 5.16 Å². The van der Waals surface area contributed by atoms with Gasteiger partial charge in [0, 0.05) is 24.6 Å². The number of imidazole rings is 1. The van der Waals surface area contributed by atoms with Crippen molar-refractivity contribution in [2.45, 2.75) is 18.2 Å². The summed E-state index contributed by atoms with van der Waals surface area (Å²) in [5.74, 6) is 0.117. The summed E-state index contributed by atoms with van der Waals surface area (Å²) in [6.07, 6.45) is 8.43. The van der Waals surface area contributed by atoms with Crippen LogP contribution in [0.2, 0.25) is 0 Å².